The van der Waals surface area contributed by atoms with Gasteiger partial charge < -0.3 is 15.0 Å². The van der Waals surface area contributed by atoms with Crippen LogP contribution in [0.25, 0.3) is 0 Å². The first-order chi connectivity index (χ1) is 7.27. The summed E-state index contributed by atoms with van der Waals surface area (Å²) in [5.41, 5.74) is 0. The molecule has 0 aliphatic carbocycles. The third-order valence-corrected chi connectivity index (χ3v) is 2.96. The zero-order chi connectivity index (χ0) is 11.1. The van der Waals surface area contributed by atoms with E-state index in [9.17, 15) is 4.79 Å². The molecule has 0 aromatic carbocycles. The van der Waals surface area contributed by atoms with Gasteiger partial charge in [-0.25, -0.2) is 0 Å². The summed E-state index contributed by atoms with van der Waals surface area (Å²) >= 11 is 0. The molecule has 0 unspecified atom stereocenters. The maximum atomic E-state index is 11.7. The summed E-state index contributed by atoms with van der Waals surface area (Å²) in [6.07, 6.45) is 2.78. The van der Waals surface area contributed by atoms with E-state index >= 15 is 0 Å². The second-order valence-electron chi connectivity index (χ2n) is 4.13. The fraction of sp³-hybridized carbons (Fsp3) is 0.909. The molecule has 0 spiro atoms. The van der Waals surface area contributed by atoms with E-state index in [1.54, 1.807) is 7.11 Å². The number of methoxy groups -OCH3 is 1. The molecule has 4 nitrogen and oxygen atoms in total. The van der Waals surface area contributed by atoms with Crippen molar-refractivity contribution in [1.82, 2.24) is 10.2 Å². The van der Waals surface area contributed by atoms with Gasteiger partial charge in [-0.2, -0.15) is 0 Å². The molecule has 1 rings (SSSR count). The lowest BCUT2D eigenvalue weighted by atomic mass is 9.97. The first-order valence-corrected chi connectivity index (χ1v) is 5.69. The number of halogens is 1. The Morgan fingerprint density at radius 3 is 2.56 bits per heavy atom. The Hall–Kier alpha value is -0.320. The molecule has 5 heteroatoms. The van der Waals surface area contributed by atoms with E-state index in [1.165, 1.54) is 0 Å². The number of carbonyl (C=O) groups is 1. The number of carbonyl (C=O) groups excluding carboxylic acids is 1. The van der Waals surface area contributed by atoms with Gasteiger partial charge in [0.05, 0.1) is 0 Å². The molecule has 1 amide bonds. The van der Waals surface area contributed by atoms with E-state index in [1.807, 2.05) is 11.9 Å². The fourth-order valence-corrected chi connectivity index (χ4v) is 1.97. The highest BCUT2D eigenvalue weighted by Gasteiger charge is 2.21. The van der Waals surface area contributed by atoms with Gasteiger partial charge in [-0.05, 0) is 25.8 Å². The smallest absolute Gasteiger partial charge is 0.223 e. The Morgan fingerprint density at radius 1 is 1.44 bits per heavy atom. The highest BCUT2D eigenvalue weighted by molar-refractivity contribution is 5.85. The standard InChI is InChI=1S/C11H22N2O2.ClH/c1-12-6-3-11(14)13-7-4-10(5-8-13)9-15-2;/h10,12H,3-9H2,1-2H3;1H. The molecule has 0 saturated carbocycles. The largest absolute Gasteiger partial charge is 0.384 e. The normalized spacial score (nSPS) is 17.0. The van der Waals surface area contributed by atoms with Crippen LogP contribution in [0.3, 0.4) is 0 Å². The van der Waals surface area contributed by atoms with Crippen molar-refractivity contribution in [3.63, 3.8) is 0 Å². The van der Waals surface area contributed by atoms with Gasteiger partial charge in [-0.1, -0.05) is 0 Å². The molecule has 1 N–H and O–H groups in total. The van der Waals surface area contributed by atoms with Gasteiger partial charge in [0.15, 0.2) is 0 Å². The SMILES string of the molecule is CNCCC(=O)N1CCC(COC)CC1.Cl. The predicted molar refractivity (Wildman–Crippen MR) is 67.0 cm³/mol. The van der Waals surface area contributed by atoms with E-state index in [-0.39, 0.29) is 18.3 Å². The Morgan fingerprint density at radius 2 is 2.06 bits per heavy atom. The molecule has 1 saturated heterocycles. The Labute approximate surface area is 104 Å². The van der Waals surface area contributed by atoms with E-state index in [4.69, 9.17) is 4.74 Å². The van der Waals surface area contributed by atoms with E-state index in [0.29, 0.717) is 12.3 Å². The molecule has 1 heterocycles. The minimum atomic E-state index is 0. The molecular weight excluding hydrogens is 228 g/mol. The predicted octanol–water partition coefficient (Wildman–Crippen LogP) is 0.903. The Balaban J connectivity index is 0.00000225. The second-order valence-corrected chi connectivity index (χ2v) is 4.13. The first kappa shape index (κ1) is 15.7. The molecule has 0 aromatic rings. The topological polar surface area (TPSA) is 41.6 Å². The summed E-state index contributed by atoms with van der Waals surface area (Å²) in [6.45, 7) is 3.41. The minimum Gasteiger partial charge on any atom is -0.384 e. The number of amides is 1. The highest BCUT2D eigenvalue weighted by Crippen LogP contribution is 2.17. The number of nitrogens with one attached hydrogen (secondary N) is 1. The number of likely N-dealkylation sites (tertiary alicyclic amines) is 1. The molecule has 0 atom stereocenters. The zero-order valence-corrected chi connectivity index (χ0v) is 11.0. The van der Waals surface area contributed by atoms with Crippen LogP contribution in [0.1, 0.15) is 19.3 Å². The maximum absolute atomic E-state index is 11.7. The maximum Gasteiger partial charge on any atom is 0.223 e. The quantitative estimate of drug-likeness (QED) is 0.789. The number of hydrogen-bond acceptors (Lipinski definition) is 3. The van der Waals surface area contributed by atoms with E-state index in [0.717, 1.165) is 39.1 Å². The van der Waals surface area contributed by atoms with Crippen molar-refractivity contribution in [2.75, 3.05) is 40.4 Å². The third kappa shape index (κ3) is 5.14. The average Bonchev–Trinajstić information content (AvgIpc) is 2.27. The second kappa shape index (κ2) is 8.79. The summed E-state index contributed by atoms with van der Waals surface area (Å²) in [7, 11) is 3.61. The first-order valence-electron chi connectivity index (χ1n) is 5.69. The summed E-state index contributed by atoms with van der Waals surface area (Å²) in [5, 5.41) is 3.00. The number of hydrogen-bond donors (Lipinski definition) is 1. The minimum absolute atomic E-state index is 0. The van der Waals surface area contributed by atoms with Crippen LogP contribution in [0, 0.1) is 5.92 Å². The van der Waals surface area contributed by atoms with Gasteiger partial charge in [0, 0.05) is 39.8 Å². The van der Waals surface area contributed by atoms with Crippen molar-refractivity contribution in [3.05, 3.63) is 0 Å². The van der Waals surface area contributed by atoms with Gasteiger partial charge in [0.2, 0.25) is 5.91 Å². The number of rotatable bonds is 5. The fourth-order valence-electron chi connectivity index (χ4n) is 1.97. The highest BCUT2D eigenvalue weighted by atomic mass is 35.5. The van der Waals surface area contributed by atoms with Crippen LogP contribution in [-0.2, 0) is 9.53 Å². The number of ether oxygens (including phenoxy) is 1. The van der Waals surface area contributed by atoms with E-state index < -0.39 is 0 Å². The molecule has 96 valence electrons. The van der Waals surface area contributed by atoms with Crippen LogP contribution in [0.15, 0.2) is 0 Å². The average molecular weight is 251 g/mol. The molecule has 0 radical (unpaired) electrons. The molecule has 0 aromatic heterocycles. The number of piperidine rings is 1. The number of nitrogens with zero attached hydrogens (tertiary/aromatic N) is 1. The van der Waals surface area contributed by atoms with Crippen molar-refractivity contribution in [2.45, 2.75) is 19.3 Å². The third-order valence-electron chi connectivity index (χ3n) is 2.96. The van der Waals surface area contributed by atoms with Crippen molar-refractivity contribution < 1.29 is 9.53 Å². The van der Waals surface area contributed by atoms with Crippen LogP contribution >= 0.6 is 12.4 Å². The summed E-state index contributed by atoms with van der Waals surface area (Å²) in [6, 6.07) is 0. The van der Waals surface area contributed by atoms with Gasteiger partial charge >= 0.3 is 0 Å². The lowest BCUT2D eigenvalue weighted by Crippen LogP contribution is -2.40. The van der Waals surface area contributed by atoms with Crippen LogP contribution in [-0.4, -0.2) is 51.2 Å². The monoisotopic (exact) mass is 250 g/mol. The molecule has 16 heavy (non-hydrogen) atoms. The molecule has 1 aliphatic heterocycles. The van der Waals surface area contributed by atoms with Gasteiger partial charge in [-0.3, -0.25) is 4.79 Å². The van der Waals surface area contributed by atoms with Crippen LogP contribution < -0.4 is 5.32 Å². The van der Waals surface area contributed by atoms with Crippen molar-refractivity contribution in [3.8, 4) is 0 Å². The van der Waals surface area contributed by atoms with Gasteiger partial charge in [0.25, 0.3) is 0 Å². The summed E-state index contributed by atoms with van der Waals surface area (Å²) in [4.78, 5) is 13.7. The zero-order valence-electron chi connectivity index (χ0n) is 10.2. The van der Waals surface area contributed by atoms with Crippen LogP contribution in [0.5, 0.6) is 0 Å². The van der Waals surface area contributed by atoms with E-state index in [2.05, 4.69) is 5.32 Å². The molecular formula is C11H23ClN2O2. The van der Waals surface area contributed by atoms with Crippen molar-refractivity contribution >= 4 is 18.3 Å². The summed E-state index contributed by atoms with van der Waals surface area (Å²) in [5.74, 6) is 0.920. The van der Waals surface area contributed by atoms with Crippen molar-refractivity contribution in [1.29, 1.82) is 0 Å². The van der Waals surface area contributed by atoms with Crippen molar-refractivity contribution in [2.24, 2.45) is 5.92 Å². The molecule has 1 fully saturated rings. The molecule has 0 bridgehead atoms. The van der Waals surface area contributed by atoms with Gasteiger partial charge in [0.1, 0.15) is 0 Å². The Bertz CT molecular complexity index is 194. The molecule has 1 aliphatic rings. The lowest BCUT2D eigenvalue weighted by molar-refractivity contribution is -0.132. The summed E-state index contributed by atoms with van der Waals surface area (Å²) < 4.78 is 5.13. The Kier molecular flexibility index (Phi) is 8.61. The van der Waals surface area contributed by atoms with Crippen LogP contribution in [0.2, 0.25) is 0 Å². The van der Waals surface area contributed by atoms with Crippen LogP contribution in [0.4, 0.5) is 0 Å². The lowest BCUT2D eigenvalue weighted by Gasteiger charge is -2.31. The van der Waals surface area contributed by atoms with Gasteiger partial charge in [-0.15, -0.1) is 12.4 Å².